The van der Waals surface area contributed by atoms with Crippen molar-refractivity contribution in [3.05, 3.63) is 16.1 Å². The summed E-state index contributed by atoms with van der Waals surface area (Å²) in [6.45, 7) is 4.69. The maximum Gasteiger partial charge on any atom is 0.271 e. The first-order chi connectivity index (χ1) is 9.61. The molecule has 1 aromatic rings. The van der Waals surface area contributed by atoms with Crippen molar-refractivity contribution in [1.29, 1.82) is 0 Å². The van der Waals surface area contributed by atoms with Crippen molar-refractivity contribution in [3.8, 4) is 0 Å². The number of carbonyl (C=O) groups is 1. The Morgan fingerprint density at radius 2 is 2.30 bits per heavy atom. The number of nitrogens with two attached hydrogens (primary N) is 1. The Balaban J connectivity index is 2.04. The molecule has 1 saturated carbocycles. The molecule has 2 unspecified atom stereocenters. The smallest absolute Gasteiger partial charge is 0.271 e. The van der Waals surface area contributed by atoms with Crippen LogP contribution in [0.3, 0.4) is 0 Å². The highest BCUT2D eigenvalue weighted by Crippen LogP contribution is 2.48. The zero-order valence-corrected chi connectivity index (χ0v) is 13.1. The van der Waals surface area contributed by atoms with Gasteiger partial charge in [0.2, 0.25) is 0 Å². The lowest BCUT2D eigenvalue weighted by atomic mass is 9.58. The zero-order chi connectivity index (χ0) is 14.8. The van der Waals surface area contributed by atoms with Crippen LogP contribution in [0.25, 0.3) is 0 Å². The second kappa shape index (κ2) is 6.20. The average molecular weight is 297 g/mol. The van der Waals surface area contributed by atoms with Gasteiger partial charge in [0.15, 0.2) is 0 Å². The van der Waals surface area contributed by atoms with E-state index < -0.39 is 0 Å². The van der Waals surface area contributed by atoms with E-state index in [2.05, 4.69) is 24.1 Å². The van der Waals surface area contributed by atoms with Crippen LogP contribution in [0.4, 0.5) is 0 Å². The molecule has 1 aliphatic rings. The summed E-state index contributed by atoms with van der Waals surface area (Å²) in [4.78, 5) is 16.5. The Morgan fingerprint density at radius 3 is 2.80 bits per heavy atom. The van der Waals surface area contributed by atoms with Crippen molar-refractivity contribution >= 4 is 17.2 Å². The number of ether oxygens (including phenoxy) is 1. The van der Waals surface area contributed by atoms with E-state index in [-0.39, 0.29) is 23.5 Å². The summed E-state index contributed by atoms with van der Waals surface area (Å²) < 4.78 is 5.54. The average Bonchev–Trinajstić information content (AvgIpc) is 2.93. The van der Waals surface area contributed by atoms with Gasteiger partial charge in [0.1, 0.15) is 10.7 Å². The first-order valence-electron chi connectivity index (χ1n) is 7.09. The Bertz CT molecular complexity index is 471. The van der Waals surface area contributed by atoms with Crippen LogP contribution in [-0.4, -0.2) is 30.1 Å². The van der Waals surface area contributed by atoms with Gasteiger partial charge >= 0.3 is 0 Å². The van der Waals surface area contributed by atoms with Crippen molar-refractivity contribution in [2.75, 3.05) is 7.11 Å². The third-order valence-electron chi connectivity index (χ3n) is 4.65. The van der Waals surface area contributed by atoms with E-state index in [1.54, 1.807) is 12.5 Å². The summed E-state index contributed by atoms with van der Waals surface area (Å²) in [5, 5.41) is 5.67. The lowest BCUT2D eigenvalue weighted by molar-refractivity contribution is -0.120. The highest BCUT2D eigenvalue weighted by Gasteiger charge is 2.53. The molecule has 20 heavy (non-hydrogen) atoms. The molecule has 1 aromatic heterocycles. The van der Waals surface area contributed by atoms with Gasteiger partial charge in [-0.2, -0.15) is 0 Å². The predicted octanol–water partition coefficient (Wildman–Crippen LogP) is 1.93. The summed E-state index contributed by atoms with van der Waals surface area (Å²) >= 11 is 1.43. The fourth-order valence-corrected chi connectivity index (χ4v) is 3.87. The van der Waals surface area contributed by atoms with Crippen molar-refractivity contribution in [1.82, 2.24) is 10.3 Å². The van der Waals surface area contributed by atoms with Gasteiger partial charge in [-0.3, -0.25) is 4.79 Å². The highest BCUT2D eigenvalue weighted by molar-refractivity contribution is 7.09. The Morgan fingerprint density at radius 1 is 1.60 bits per heavy atom. The molecule has 2 atom stereocenters. The largest absolute Gasteiger partial charge is 0.381 e. The number of carbonyl (C=O) groups excluding carboxylic acids is 1. The molecule has 2 rings (SSSR count). The Labute approximate surface area is 123 Å². The molecule has 1 heterocycles. The SMILES string of the molecule is CCC1(CC)C(NC(=O)c2csc(CN)n2)CC1OC. The van der Waals surface area contributed by atoms with Gasteiger partial charge < -0.3 is 15.8 Å². The fourth-order valence-electron chi connectivity index (χ4n) is 3.22. The van der Waals surface area contributed by atoms with E-state index in [9.17, 15) is 4.79 Å². The summed E-state index contributed by atoms with van der Waals surface area (Å²) in [7, 11) is 1.75. The standard InChI is InChI=1S/C14H23N3O2S/c1-4-14(5-2)10(6-11(14)19-3)17-13(18)9-8-20-12(7-15)16-9/h8,10-11H,4-7,15H2,1-3H3,(H,17,18). The van der Waals surface area contributed by atoms with Crippen LogP contribution in [0.5, 0.6) is 0 Å². The van der Waals surface area contributed by atoms with E-state index in [1.165, 1.54) is 11.3 Å². The van der Waals surface area contributed by atoms with Crippen LogP contribution >= 0.6 is 11.3 Å². The van der Waals surface area contributed by atoms with E-state index in [4.69, 9.17) is 10.5 Å². The molecule has 6 heteroatoms. The normalized spacial score (nSPS) is 24.2. The lowest BCUT2D eigenvalue weighted by Gasteiger charge is -2.55. The van der Waals surface area contributed by atoms with Gasteiger partial charge in [0, 0.05) is 30.5 Å². The molecule has 0 aliphatic heterocycles. The van der Waals surface area contributed by atoms with Gasteiger partial charge in [-0.05, 0) is 19.3 Å². The number of amides is 1. The van der Waals surface area contributed by atoms with Crippen LogP contribution in [-0.2, 0) is 11.3 Å². The highest BCUT2D eigenvalue weighted by atomic mass is 32.1. The number of nitrogens with one attached hydrogen (secondary N) is 1. The van der Waals surface area contributed by atoms with E-state index in [0.717, 1.165) is 24.3 Å². The van der Waals surface area contributed by atoms with Gasteiger partial charge in [0.25, 0.3) is 5.91 Å². The van der Waals surface area contributed by atoms with Crippen molar-refractivity contribution in [2.45, 2.75) is 51.8 Å². The second-order valence-electron chi connectivity index (χ2n) is 5.26. The third-order valence-corrected chi connectivity index (χ3v) is 5.52. The van der Waals surface area contributed by atoms with Crippen molar-refractivity contribution in [3.63, 3.8) is 0 Å². The number of nitrogens with zero attached hydrogens (tertiary/aromatic N) is 1. The molecule has 1 fully saturated rings. The third kappa shape index (κ3) is 2.47. The minimum Gasteiger partial charge on any atom is -0.381 e. The van der Waals surface area contributed by atoms with E-state index >= 15 is 0 Å². The summed E-state index contributed by atoms with van der Waals surface area (Å²) in [6.07, 6.45) is 3.10. The van der Waals surface area contributed by atoms with Crippen LogP contribution in [0.15, 0.2) is 5.38 Å². The molecule has 0 bridgehead atoms. The Hall–Kier alpha value is -0.980. The molecule has 0 saturated heterocycles. The number of hydrogen-bond acceptors (Lipinski definition) is 5. The van der Waals surface area contributed by atoms with Gasteiger partial charge in [-0.25, -0.2) is 4.98 Å². The van der Waals surface area contributed by atoms with Crippen LogP contribution in [0.1, 0.15) is 48.6 Å². The number of methoxy groups -OCH3 is 1. The number of thiazole rings is 1. The topological polar surface area (TPSA) is 77.2 Å². The summed E-state index contributed by atoms with van der Waals surface area (Å²) in [5.74, 6) is -0.105. The molecule has 0 radical (unpaired) electrons. The summed E-state index contributed by atoms with van der Waals surface area (Å²) in [5.41, 5.74) is 6.05. The first kappa shape index (κ1) is 15.4. The number of hydrogen-bond donors (Lipinski definition) is 2. The molecule has 112 valence electrons. The molecule has 5 nitrogen and oxygen atoms in total. The molecule has 1 amide bonds. The van der Waals surface area contributed by atoms with Crippen LogP contribution in [0.2, 0.25) is 0 Å². The van der Waals surface area contributed by atoms with Crippen LogP contribution < -0.4 is 11.1 Å². The second-order valence-corrected chi connectivity index (χ2v) is 6.20. The fraction of sp³-hybridized carbons (Fsp3) is 0.714. The van der Waals surface area contributed by atoms with Gasteiger partial charge in [-0.1, -0.05) is 13.8 Å². The Kier molecular flexibility index (Phi) is 4.78. The van der Waals surface area contributed by atoms with Crippen LogP contribution in [0, 0.1) is 5.41 Å². The van der Waals surface area contributed by atoms with E-state index in [0.29, 0.717) is 12.2 Å². The van der Waals surface area contributed by atoms with Gasteiger partial charge in [-0.15, -0.1) is 11.3 Å². The quantitative estimate of drug-likeness (QED) is 0.841. The van der Waals surface area contributed by atoms with Crippen molar-refractivity contribution < 1.29 is 9.53 Å². The lowest BCUT2D eigenvalue weighted by Crippen LogP contribution is -2.64. The zero-order valence-electron chi connectivity index (χ0n) is 12.3. The minimum atomic E-state index is -0.105. The molecule has 0 aromatic carbocycles. The minimum absolute atomic E-state index is 0.0527. The van der Waals surface area contributed by atoms with Gasteiger partial charge in [0.05, 0.1) is 6.10 Å². The number of aromatic nitrogens is 1. The number of rotatable bonds is 6. The van der Waals surface area contributed by atoms with E-state index in [1.807, 2.05) is 0 Å². The molecular weight excluding hydrogens is 274 g/mol. The first-order valence-corrected chi connectivity index (χ1v) is 7.97. The molecular formula is C14H23N3O2S. The predicted molar refractivity (Wildman–Crippen MR) is 79.7 cm³/mol. The monoisotopic (exact) mass is 297 g/mol. The van der Waals surface area contributed by atoms with Crippen molar-refractivity contribution in [2.24, 2.45) is 11.1 Å². The summed E-state index contributed by atoms with van der Waals surface area (Å²) in [6, 6.07) is 0.165. The molecule has 3 N–H and O–H groups in total. The maximum atomic E-state index is 12.2. The molecule has 1 aliphatic carbocycles. The maximum absolute atomic E-state index is 12.2. The molecule has 0 spiro atoms.